The number of hydrogen-bond donors (Lipinski definition) is 0. The summed E-state index contributed by atoms with van der Waals surface area (Å²) >= 11 is 0. The van der Waals surface area contributed by atoms with Gasteiger partial charge in [0, 0.05) is 12.8 Å². The van der Waals surface area contributed by atoms with Crippen LogP contribution in [-0.2, 0) is 32.7 Å². The molecule has 288 valence electrons. The lowest BCUT2D eigenvalue weighted by Gasteiger charge is -2.28. The molecule has 0 aliphatic carbocycles. The summed E-state index contributed by atoms with van der Waals surface area (Å²) in [5.74, 6) is -0.856. The highest BCUT2D eigenvalue weighted by atomic mass is 31.2. The molecule has 0 heterocycles. The summed E-state index contributed by atoms with van der Waals surface area (Å²) in [5, 5.41) is 0. The number of carbonyl (C=O) groups is 2. The first-order valence-corrected chi connectivity index (χ1v) is 21.0. The van der Waals surface area contributed by atoms with Gasteiger partial charge in [-0.05, 0) is 64.2 Å². The van der Waals surface area contributed by atoms with Crippen molar-refractivity contribution in [2.45, 2.75) is 168 Å². The molecule has 0 amide bonds. The van der Waals surface area contributed by atoms with Gasteiger partial charge in [-0.15, -0.1) is 0 Å². The molecule has 0 aromatic heterocycles. The molecule has 0 radical (unpaired) electrons. The maximum Gasteiger partial charge on any atom is 0.306 e. The number of nitrogens with zero attached hydrogens (tertiary/aromatic N) is 1. The highest BCUT2D eigenvalue weighted by Crippen LogP contribution is 2.38. The summed E-state index contributed by atoms with van der Waals surface area (Å²) in [5.41, 5.74) is 0. The summed E-state index contributed by atoms with van der Waals surface area (Å²) in [6.07, 6.45) is 32.0. The first-order chi connectivity index (χ1) is 23.5. The number of quaternary nitrogens is 1. The van der Waals surface area contributed by atoms with Gasteiger partial charge in [-0.2, -0.15) is 0 Å². The molecule has 10 heteroatoms. The van der Waals surface area contributed by atoms with Crippen LogP contribution in [0.2, 0.25) is 0 Å². The summed E-state index contributed by atoms with van der Waals surface area (Å²) in [4.78, 5) is 37.3. The second-order valence-electron chi connectivity index (χ2n) is 14.3. The molecule has 2 atom stereocenters. The Bertz CT molecular complexity index is 902. The summed E-state index contributed by atoms with van der Waals surface area (Å²) < 4.78 is 33.7. The van der Waals surface area contributed by atoms with Gasteiger partial charge in [-0.3, -0.25) is 14.2 Å². The highest BCUT2D eigenvalue weighted by Gasteiger charge is 2.21. The molecular weight excluding hydrogens is 641 g/mol. The van der Waals surface area contributed by atoms with Crippen molar-refractivity contribution < 1.29 is 42.1 Å². The molecule has 49 heavy (non-hydrogen) atoms. The normalized spacial score (nSPS) is 14.0. The second-order valence-corrected chi connectivity index (χ2v) is 15.7. The van der Waals surface area contributed by atoms with E-state index in [1.165, 1.54) is 51.4 Å². The molecule has 0 aromatic carbocycles. The van der Waals surface area contributed by atoms with Crippen LogP contribution >= 0.6 is 7.82 Å². The fourth-order valence-electron chi connectivity index (χ4n) is 5.05. The molecule has 0 saturated carbocycles. The van der Waals surface area contributed by atoms with E-state index in [2.05, 4.69) is 38.2 Å². The van der Waals surface area contributed by atoms with Crippen LogP contribution in [0, 0.1) is 0 Å². The lowest BCUT2D eigenvalue weighted by molar-refractivity contribution is -0.870. The van der Waals surface area contributed by atoms with E-state index >= 15 is 0 Å². The fraction of sp³-hybridized carbons (Fsp3) is 0.846. The van der Waals surface area contributed by atoms with Gasteiger partial charge in [-0.1, -0.05) is 109 Å². The van der Waals surface area contributed by atoms with Crippen LogP contribution < -0.4 is 4.89 Å². The highest BCUT2D eigenvalue weighted by molar-refractivity contribution is 7.45. The van der Waals surface area contributed by atoms with E-state index in [0.29, 0.717) is 17.4 Å². The Hall–Kier alpha value is -1.51. The number of rotatable bonds is 35. The Morgan fingerprint density at radius 2 is 1.04 bits per heavy atom. The number of phosphoric ester groups is 1. The Labute approximate surface area is 300 Å². The smallest absolute Gasteiger partial charge is 0.306 e. The topological polar surface area (TPSA) is 111 Å². The molecule has 0 bridgehead atoms. The van der Waals surface area contributed by atoms with Crippen LogP contribution in [-0.4, -0.2) is 70.0 Å². The zero-order valence-corrected chi connectivity index (χ0v) is 33.0. The molecule has 0 aliphatic rings. The van der Waals surface area contributed by atoms with E-state index in [0.717, 1.165) is 77.0 Å². The lowest BCUT2D eigenvalue weighted by Crippen LogP contribution is -2.37. The monoisotopic (exact) mass is 716 g/mol. The van der Waals surface area contributed by atoms with Gasteiger partial charge in [0.05, 0.1) is 27.7 Å². The molecular formula is C39H74NO8P. The summed E-state index contributed by atoms with van der Waals surface area (Å²) in [6, 6.07) is 0. The van der Waals surface area contributed by atoms with Crippen LogP contribution in [0.5, 0.6) is 0 Å². The molecule has 0 aromatic rings. The maximum atomic E-state index is 12.6. The predicted molar refractivity (Wildman–Crippen MR) is 199 cm³/mol. The van der Waals surface area contributed by atoms with E-state index in [1.807, 2.05) is 21.1 Å². The van der Waals surface area contributed by atoms with E-state index in [1.54, 1.807) is 0 Å². The van der Waals surface area contributed by atoms with Crippen molar-refractivity contribution in [2.75, 3.05) is 47.5 Å². The maximum absolute atomic E-state index is 12.6. The van der Waals surface area contributed by atoms with Crippen molar-refractivity contribution in [3.05, 3.63) is 24.3 Å². The standard InChI is InChI=1S/C39H74NO8P/c1-6-8-10-12-14-16-18-20-22-23-25-27-29-31-38(41)45-35-37(36-47-49(43,44)46-34-33-40(3,4)5)48-39(42)32-30-28-26-24-21-19-17-15-13-11-9-7-2/h15-18,37H,6-14,19-36H2,1-5H3/b17-15-,18-16-/t37-/m1/s1. The number of hydrogen-bond acceptors (Lipinski definition) is 8. The average molecular weight is 716 g/mol. The molecule has 0 N–H and O–H groups in total. The third-order valence-electron chi connectivity index (χ3n) is 8.19. The van der Waals surface area contributed by atoms with Crippen LogP contribution in [0.15, 0.2) is 24.3 Å². The van der Waals surface area contributed by atoms with Gasteiger partial charge in [0.2, 0.25) is 0 Å². The number of phosphoric acid groups is 1. The Morgan fingerprint density at radius 1 is 0.612 bits per heavy atom. The third-order valence-corrected chi connectivity index (χ3v) is 9.16. The lowest BCUT2D eigenvalue weighted by atomic mass is 10.1. The van der Waals surface area contributed by atoms with Crippen molar-refractivity contribution in [3.63, 3.8) is 0 Å². The van der Waals surface area contributed by atoms with Gasteiger partial charge >= 0.3 is 11.9 Å². The number of esters is 2. The minimum Gasteiger partial charge on any atom is -0.756 e. The Balaban J connectivity index is 4.45. The Morgan fingerprint density at radius 3 is 1.55 bits per heavy atom. The molecule has 0 saturated heterocycles. The van der Waals surface area contributed by atoms with Gasteiger partial charge in [-0.25, -0.2) is 0 Å². The largest absolute Gasteiger partial charge is 0.756 e. The first-order valence-electron chi connectivity index (χ1n) is 19.5. The van der Waals surface area contributed by atoms with Crippen LogP contribution in [0.25, 0.3) is 0 Å². The number of carbonyl (C=O) groups excluding carboxylic acids is 2. The quantitative estimate of drug-likeness (QED) is 0.0210. The van der Waals surface area contributed by atoms with Gasteiger partial charge in [0.25, 0.3) is 7.82 Å². The minimum atomic E-state index is -4.62. The number of ether oxygens (including phenoxy) is 2. The fourth-order valence-corrected chi connectivity index (χ4v) is 5.78. The molecule has 0 aliphatic heterocycles. The number of unbranched alkanes of at least 4 members (excludes halogenated alkanes) is 17. The summed E-state index contributed by atoms with van der Waals surface area (Å²) in [6.45, 7) is 4.15. The van der Waals surface area contributed by atoms with Gasteiger partial charge < -0.3 is 27.9 Å². The zero-order valence-electron chi connectivity index (χ0n) is 32.1. The van der Waals surface area contributed by atoms with Crippen molar-refractivity contribution >= 4 is 19.8 Å². The zero-order chi connectivity index (χ0) is 36.5. The molecule has 0 spiro atoms. The summed E-state index contributed by atoms with van der Waals surface area (Å²) in [7, 11) is 1.15. The van der Waals surface area contributed by atoms with Gasteiger partial charge in [0.1, 0.15) is 19.8 Å². The molecule has 9 nitrogen and oxygen atoms in total. The third kappa shape index (κ3) is 36.1. The first kappa shape index (κ1) is 47.5. The van der Waals surface area contributed by atoms with Crippen LogP contribution in [0.1, 0.15) is 162 Å². The SMILES string of the molecule is CCCCC/C=C\CCCCCCCC(=O)O[C@H](COC(=O)CCCCCCC/C=C\CCCCCC)COP(=O)([O-])OCC[N+](C)(C)C. The van der Waals surface area contributed by atoms with Crippen LogP contribution in [0.3, 0.4) is 0 Å². The van der Waals surface area contributed by atoms with Crippen LogP contribution in [0.4, 0.5) is 0 Å². The molecule has 0 fully saturated rings. The second kappa shape index (κ2) is 32.4. The van der Waals surface area contributed by atoms with E-state index in [9.17, 15) is 19.0 Å². The number of allylic oxidation sites excluding steroid dienone is 4. The van der Waals surface area contributed by atoms with E-state index in [4.69, 9.17) is 18.5 Å². The van der Waals surface area contributed by atoms with E-state index in [-0.39, 0.29) is 26.1 Å². The van der Waals surface area contributed by atoms with Crippen molar-refractivity contribution in [1.29, 1.82) is 0 Å². The predicted octanol–water partition coefficient (Wildman–Crippen LogP) is 9.77. The van der Waals surface area contributed by atoms with Crippen molar-refractivity contribution in [1.82, 2.24) is 0 Å². The van der Waals surface area contributed by atoms with E-state index < -0.39 is 32.5 Å². The average Bonchev–Trinajstić information content (AvgIpc) is 3.04. The number of likely N-dealkylation sites (N-methyl/N-ethyl adjacent to an activating group) is 1. The molecule has 0 rings (SSSR count). The van der Waals surface area contributed by atoms with Gasteiger partial charge in [0.15, 0.2) is 6.10 Å². The Kier molecular flexibility index (Phi) is 31.4. The molecule has 1 unspecified atom stereocenters. The van der Waals surface area contributed by atoms with Crippen molar-refractivity contribution in [3.8, 4) is 0 Å². The van der Waals surface area contributed by atoms with Crippen molar-refractivity contribution in [2.24, 2.45) is 0 Å². The minimum absolute atomic E-state index is 0.0329.